The van der Waals surface area contributed by atoms with Crippen LogP contribution in [-0.4, -0.2) is 31.1 Å². The Bertz CT molecular complexity index is 800. The molecule has 0 fully saturated rings. The number of aliphatic hydroxyl groups excluding tert-OH is 1. The third-order valence-electron chi connectivity index (χ3n) is 4.41. The molecule has 25 heavy (non-hydrogen) atoms. The summed E-state index contributed by atoms with van der Waals surface area (Å²) in [5.74, 6) is 2.25. The molecule has 0 amide bonds. The van der Waals surface area contributed by atoms with Crippen LogP contribution in [0.3, 0.4) is 0 Å². The first-order valence-corrected chi connectivity index (χ1v) is 8.13. The molecule has 2 aromatic carbocycles. The Morgan fingerprint density at radius 2 is 1.44 bits per heavy atom. The Morgan fingerprint density at radius 3 is 2.08 bits per heavy atom. The van der Waals surface area contributed by atoms with E-state index in [4.69, 9.17) is 18.9 Å². The van der Waals surface area contributed by atoms with Gasteiger partial charge in [0.05, 0.1) is 6.61 Å². The van der Waals surface area contributed by atoms with Crippen LogP contribution in [0.5, 0.6) is 23.0 Å². The van der Waals surface area contributed by atoms with Gasteiger partial charge in [0.25, 0.3) is 0 Å². The molecule has 1 N–H and O–H groups in total. The highest BCUT2D eigenvalue weighted by Gasteiger charge is 2.22. The Morgan fingerprint density at radius 1 is 0.880 bits per heavy atom. The molecule has 0 bridgehead atoms. The third kappa shape index (κ3) is 3.25. The monoisotopic (exact) mass is 342 g/mol. The first kappa shape index (κ1) is 15.8. The van der Waals surface area contributed by atoms with Crippen LogP contribution in [0.2, 0.25) is 0 Å². The fraction of sp³-hybridized carbons (Fsp3) is 0.316. The Balaban J connectivity index is 1.44. The summed E-state index contributed by atoms with van der Waals surface area (Å²) in [4.78, 5) is 12.6. The van der Waals surface area contributed by atoms with Crippen molar-refractivity contribution in [3.05, 3.63) is 47.5 Å². The lowest BCUT2D eigenvalue weighted by Gasteiger charge is -2.14. The van der Waals surface area contributed by atoms with Crippen molar-refractivity contribution in [3.63, 3.8) is 0 Å². The number of ether oxygens (including phenoxy) is 4. The van der Waals surface area contributed by atoms with Crippen molar-refractivity contribution in [2.75, 3.05) is 20.2 Å². The van der Waals surface area contributed by atoms with E-state index in [0.29, 0.717) is 29.4 Å². The number of carbonyl (C=O) groups excluding carboxylic acids is 1. The number of rotatable bonds is 6. The molecule has 2 aliphatic rings. The first-order valence-electron chi connectivity index (χ1n) is 8.13. The van der Waals surface area contributed by atoms with E-state index in [-0.39, 0.29) is 32.4 Å². The molecule has 0 aliphatic carbocycles. The van der Waals surface area contributed by atoms with Crippen LogP contribution in [0.25, 0.3) is 0 Å². The molecule has 4 rings (SSSR count). The third-order valence-corrected chi connectivity index (χ3v) is 4.41. The van der Waals surface area contributed by atoms with Crippen LogP contribution in [0.15, 0.2) is 36.4 Å². The van der Waals surface area contributed by atoms with Crippen molar-refractivity contribution < 1.29 is 28.8 Å². The summed E-state index contributed by atoms with van der Waals surface area (Å²) in [5, 5.41) is 9.66. The molecule has 1 atom stereocenters. The van der Waals surface area contributed by atoms with E-state index in [2.05, 4.69) is 0 Å². The minimum absolute atomic E-state index is 0.0148. The predicted molar refractivity (Wildman–Crippen MR) is 88.1 cm³/mol. The number of ketones is 1. The van der Waals surface area contributed by atoms with Gasteiger partial charge in [-0.3, -0.25) is 4.79 Å². The highest BCUT2D eigenvalue weighted by molar-refractivity contribution is 5.84. The van der Waals surface area contributed by atoms with E-state index in [1.54, 1.807) is 6.07 Å². The number of hydrogen-bond donors (Lipinski definition) is 1. The van der Waals surface area contributed by atoms with Gasteiger partial charge in [-0.15, -0.1) is 0 Å². The number of fused-ring (bicyclic) bond motifs is 2. The van der Waals surface area contributed by atoms with E-state index in [1.807, 2.05) is 30.3 Å². The lowest BCUT2D eigenvalue weighted by Crippen LogP contribution is -2.22. The van der Waals surface area contributed by atoms with Crippen LogP contribution in [0, 0.1) is 5.92 Å². The van der Waals surface area contributed by atoms with Crippen LogP contribution in [0.4, 0.5) is 0 Å². The van der Waals surface area contributed by atoms with Crippen LogP contribution < -0.4 is 18.9 Å². The zero-order valence-electron chi connectivity index (χ0n) is 13.6. The highest BCUT2D eigenvalue weighted by atomic mass is 16.7. The number of benzene rings is 2. The minimum Gasteiger partial charge on any atom is -0.454 e. The Hall–Kier alpha value is -2.73. The maximum absolute atomic E-state index is 12.6. The number of Topliss-reactive ketones (excluding diaryl/α,β-unsaturated/α-hetero) is 1. The average Bonchev–Trinajstić information content (AvgIpc) is 3.27. The lowest BCUT2D eigenvalue weighted by atomic mass is 9.92. The molecular weight excluding hydrogens is 324 g/mol. The topological polar surface area (TPSA) is 74.2 Å². The van der Waals surface area contributed by atoms with Crippen molar-refractivity contribution in [2.45, 2.75) is 12.8 Å². The molecule has 2 aromatic rings. The molecule has 6 heteroatoms. The van der Waals surface area contributed by atoms with Crippen molar-refractivity contribution >= 4 is 5.78 Å². The Labute approximate surface area is 144 Å². The van der Waals surface area contributed by atoms with Gasteiger partial charge in [-0.05, 0) is 41.8 Å². The normalized spacial score (nSPS) is 15.2. The molecule has 0 radical (unpaired) electrons. The average molecular weight is 342 g/mol. The molecule has 0 spiro atoms. The van der Waals surface area contributed by atoms with Gasteiger partial charge in [0, 0.05) is 12.3 Å². The SMILES string of the molecule is O=C(Cc1ccc2c(c1)OCO2)[C@H](CO)Cc1ccc2c(c1)OCO2. The summed E-state index contributed by atoms with van der Waals surface area (Å²) in [5.41, 5.74) is 1.78. The fourth-order valence-electron chi connectivity index (χ4n) is 3.03. The molecule has 0 saturated heterocycles. The van der Waals surface area contributed by atoms with Crippen LogP contribution in [0.1, 0.15) is 11.1 Å². The van der Waals surface area contributed by atoms with E-state index < -0.39 is 5.92 Å². The molecular formula is C19H18O6. The highest BCUT2D eigenvalue weighted by Crippen LogP contribution is 2.34. The van der Waals surface area contributed by atoms with Crippen molar-refractivity contribution in [3.8, 4) is 23.0 Å². The molecule has 0 unspecified atom stereocenters. The van der Waals surface area contributed by atoms with Gasteiger partial charge in [-0.25, -0.2) is 0 Å². The van der Waals surface area contributed by atoms with E-state index in [9.17, 15) is 9.90 Å². The molecule has 2 heterocycles. The zero-order chi connectivity index (χ0) is 17.2. The van der Waals surface area contributed by atoms with Gasteiger partial charge < -0.3 is 24.1 Å². The van der Waals surface area contributed by atoms with E-state index in [1.165, 1.54) is 0 Å². The minimum atomic E-state index is -0.467. The smallest absolute Gasteiger partial charge is 0.231 e. The van der Waals surface area contributed by atoms with Crippen molar-refractivity contribution in [1.82, 2.24) is 0 Å². The zero-order valence-corrected chi connectivity index (χ0v) is 13.6. The molecule has 0 saturated carbocycles. The van der Waals surface area contributed by atoms with E-state index in [0.717, 1.165) is 11.1 Å². The number of aliphatic hydroxyl groups is 1. The molecule has 6 nitrogen and oxygen atoms in total. The number of hydrogen-bond acceptors (Lipinski definition) is 6. The molecule has 2 aliphatic heterocycles. The first-order chi connectivity index (χ1) is 12.2. The maximum Gasteiger partial charge on any atom is 0.231 e. The number of carbonyl (C=O) groups is 1. The summed E-state index contributed by atoms with van der Waals surface area (Å²) in [6.45, 7) is 0.221. The van der Waals surface area contributed by atoms with Crippen LogP contribution in [-0.2, 0) is 17.6 Å². The quantitative estimate of drug-likeness (QED) is 0.867. The predicted octanol–water partition coefficient (Wildman–Crippen LogP) is 2.11. The largest absolute Gasteiger partial charge is 0.454 e. The second kappa shape index (κ2) is 6.64. The molecule has 130 valence electrons. The van der Waals surface area contributed by atoms with E-state index >= 15 is 0 Å². The Kier molecular flexibility index (Phi) is 4.19. The van der Waals surface area contributed by atoms with Gasteiger partial charge in [0.2, 0.25) is 13.6 Å². The lowest BCUT2D eigenvalue weighted by molar-refractivity contribution is -0.123. The van der Waals surface area contributed by atoms with Crippen LogP contribution >= 0.6 is 0 Å². The summed E-state index contributed by atoms with van der Waals surface area (Å²) in [6, 6.07) is 11.0. The summed E-state index contributed by atoms with van der Waals surface area (Å²) < 4.78 is 21.3. The second-order valence-electron chi connectivity index (χ2n) is 6.10. The van der Waals surface area contributed by atoms with Gasteiger partial charge in [0.1, 0.15) is 5.78 Å². The molecule has 0 aromatic heterocycles. The summed E-state index contributed by atoms with van der Waals surface area (Å²) >= 11 is 0. The van der Waals surface area contributed by atoms with Crippen molar-refractivity contribution in [2.24, 2.45) is 5.92 Å². The van der Waals surface area contributed by atoms with Gasteiger partial charge in [-0.2, -0.15) is 0 Å². The standard InChI is InChI=1S/C19H18O6/c20-9-14(5-12-1-3-16-18(7-12)24-10-22-16)15(21)6-13-2-4-17-19(8-13)25-11-23-17/h1-4,7-8,14,20H,5-6,9-11H2/t14-/m0/s1. The van der Waals surface area contributed by atoms with Crippen molar-refractivity contribution in [1.29, 1.82) is 0 Å². The maximum atomic E-state index is 12.6. The van der Waals surface area contributed by atoms with Gasteiger partial charge >= 0.3 is 0 Å². The second-order valence-corrected chi connectivity index (χ2v) is 6.10. The summed E-state index contributed by atoms with van der Waals surface area (Å²) in [7, 11) is 0. The summed E-state index contributed by atoms with van der Waals surface area (Å²) in [6.07, 6.45) is 0.697. The van der Waals surface area contributed by atoms with Gasteiger partial charge in [0.15, 0.2) is 23.0 Å². The fourth-order valence-corrected chi connectivity index (χ4v) is 3.03. The van der Waals surface area contributed by atoms with Gasteiger partial charge in [-0.1, -0.05) is 12.1 Å².